The van der Waals surface area contributed by atoms with Gasteiger partial charge in [0.1, 0.15) is 5.76 Å². The minimum Gasteiger partial charge on any atom is -0.453 e. The standard InChI is InChI=1S/C28H31F2N5O4S/c1-16(36)35(11-12-38-2)15-17-3-6-19(32-14-17)24-13-21-27(40-24)23(9-10-31-21)39-22-8-7-20(25(29)26(22)30)34-28(37)33-18-4-5-18/h3,6-9,13-14,18-19,31-32H,4-5,10-12,15H2,1-2H3,(H2,33,34,37). The van der Waals surface area contributed by atoms with E-state index in [9.17, 15) is 18.4 Å². The number of halogens is 2. The van der Waals surface area contributed by atoms with Crippen molar-refractivity contribution in [1.29, 1.82) is 0 Å². The number of nitrogens with zero attached hydrogens (tertiary/aromatic N) is 1. The Kier molecular flexibility index (Phi) is 8.36. The second-order valence-corrected chi connectivity index (χ2v) is 10.8. The van der Waals surface area contributed by atoms with E-state index in [2.05, 4.69) is 21.3 Å². The summed E-state index contributed by atoms with van der Waals surface area (Å²) in [5, 5.41) is 11.7. The molecule has 3 heterocycles. The molecular formula is C28H31F2N5O4S. The van der Waals surface area contributed by atoms with Crippen molar-refractivity contribution in [1.82, 2.24) is 15.5 Å². The molecule has 0 spiro atoms. The average Bonchev–Trinajstić information content (AvgIpc) is 3.64. The average molecular weight is 572 g/mol. The van der Waals surface area contributed by atoms with Crippen LogP contribution in [0.15, 0.2) is 48.2 Å². The molecule has 40 heavy (non-hydrogen) atoms. The van der Waals surface area contributed by atoms with Crippen LogP contribution in [-0.4, -0.2) is 56.2 Å². The van der Waals surface area contributed by atoms with Gasteiger partial charge in [-0.05, 0) is 42.7 Å². The third-order valence-electron chi connectivity index (χ3n) is 6.62. The predicted molar refractivity (Wildman–Crippen MR) is 150 cm³/mol. The molecule has 1 aromatic carbocycles. The Morgan fingerprint density at radius 2 is 2.05 bits per heavy atom. The van der Waals surface area contributed by atoms with Crippen LogP contribution in [-0.2, 0) is 9.53 Å². The van der Waals surface area contributed by atoms with E-state index in [1.807, 2.05) is 24.4 Å². The summed E-state index contributed by atoms with van der Waals surface area (Å²) >= 11 is 1.47. The number of hydrogen-bond acceptors (Lipinski definition) is 7. The van der Waals surface area contributed by atoms with Crippen molar-refractivity contribution in [2.45, 2.75) is 31.8 Å². The van der Waals surface area contributed by atoms with Crippen LogP contribution in [0.2, 0.25) is 0 Å². The molecule has 3 aliphatic rings. The normalized spacial score (nSPS) is 17.6. The largest absolute Gasteiger partial charge is 0.453 e. The second kappa shape index (κ2) is 12.1. The van der Waals surface area contributed by atoms with Crippen molar-refractivity contribution in [2.75, 3.05) is 44.0 Å². The van der Waals surface area contributed by atoms with E-state index in [0.717, 1.165) is 33.9 Å². The fourth-order valence-electron chi connectivity index (χ4n) is 4.27. The van der Waals surface area contributed by atoms with E-state index < -0.39 is 17.7 Å². The van der Waals surface area contributed by atoms with E-state index in [1.165, 1.54) is 30.4 Å². The van der Waals surface area contributed by atoms with Gasteiger partial charge in [0.25, 0.3) is 0 Å². The Balaban J connectivity index is 1.24. The van der Waals surface area contributed by atoms with E-state index >= 15 is 0 Å². The van der Waals surface area contributed by atoms with Crippen LogP contribution < -0.4 is 26.0 Å². The Morgan fingerprint density at radius 3 is 2.75 bits per heavy atom. The number of methoxy groups -OCH3 is 1. The first-order valence-electron chi connectivity index (χ1n) is 13.0. The molecule has 4 N–H and O–H groups in total. The van der Waals surface area contributed by atoms with Gasteiger partial charge in [-0.25, -0.2) is 9.18 Å². The lowest BCUT2D eigenvalue weighted by Gasteiger charge is -2.24. The number of fused-ring (bicyclic) bond motifs is 1. The van der Waals surface area contributed by atoms with Crippen molar-refractivity contribution in [3.05, 3.63) is 69.6 Å². The van der Waals surface area contributed by atoms with Gasteiger partial charge in [0.2, 0.25) is 11.7 Å². The van der Waals surface area contributed by atoms with Gasteiger partial charge >= 0.3 is 6.03 Å². The first-order valence-corrected chi connectivity index (χ1v) is 13.8. The number of dihydropyridines is 1. The highest BCUT2D eigenvalue weighted by Gasteiger charge is 2.26. The molecule has 0 radical (unpaired) electrons. The summed E-state index contributed by atoms with van der Waals surface area (Å²) in [4.78, 5) is 27.3. The molecule has 1 atom stereocenters. The van der Waals surface area contributed by atoms with Crippen molar-refractivity contribution in [3.63, 3.8) is 0 Å². The maximum absolute atomic E-state index is 14.9. The van der Waals surface area contributed by atoms with Crippen LogP contribution in [0.4, 0.5) is 25.0 Å². The van der Waals surface area contributed by atoms with Crippen LogP contribution in [0.25, 0.3) is 5.76 Å². The topological polar surface area (TPSA) is 104 Å². The smallest absolute Gasteiger partial charge is 0.319 e. The molecule has 5 rings (SSSR count). The van der Waals surface area contributed by atoms with Gasteiger partial charge in [-0.2, -0.15) is 4.39 Å². The zero-order chi connectivity index (χ0) is 28.2. The van der Waals surface area contributed by atoms with Gasteiger partial charge in [-0.1, -0.05) is 12.2 Å². The third kappa shape index (κ3) is 6.45. The molecule has 1 fully saturated rings. The molecule has 3 amide bonds. The molecule has 1 aromatic heterocycles. The summed E-state index contributed by atoms with van der Waals surface area (Å²) in [6, 6.07) is 4.00. The van der Waals surface area contributed by atoms with Gasteiger partial charge < -0.3 is 35.6 Å². The number of benzene rings is 1. The predicted octanol–water partition coefficient (Wildman–Crippen LogP) is 4.73. The molecule has 12 heteroatoms. The second-order valence-electron chi connectivity index (χ2n) is 9.71. The highest BCUT2D eigenvalue weighted by molar-refractivity contribution is 7.13. The fourth-order valence-corrected chi connectivity index (χ4v) is 5.43. The summed E-state index contributed by atoms with van der Waals surface area (Å²) in [5.41, 5.74) is 1.54. The number of anilines is 2. The number of nitrogens with one attached hydrogen (secondary N) is 4. The van der Waals surface area contributed by atoms with E-state index in [0.29, 0.717) is 32.0 Å². The van der Waals surface area contributed by atoms with E-state index in [4.69, 9.17) is 9.47 Å². The summed E-state index contributed by atoms with van der Waals surface area (Å²) in [7, 11) is 1.60. The van der Waals surface area contributed by atoms with Gasteiger partial charge in [-0.15, -0.1) is 11.3 Å². The monoisotopic (exact) mass is 571 g/mol. The van der Waals surface area contributed by atoms with Gasteiger partial charge in [0, 0.05) is 50.8 Å². The molecule has 9 nitrogen and oxygen atoms in total. The zero-order valence-corrected chi connectivity index (χ0v) is 23.0. The van der Waals surface area contributed by atoms with Crippen LogP contribution in [0, 0.1) is 11.6 Å². The Morgan fingerprint density at radius 1 is 1.23 bits per heavy atom. The zero-order valence-electron chi connectivity index (χ0n) is 22.2. The Bertz CT molecular complexity index is 1380. The van der Waals surface area contributed by atoms with Crippen LogP contribution >= 0.6 is 11.3 Å². The number of thiophene rings is 1. The van der Waals surface area contributed by atoms with E-state index in [1.54, 1.807) is 18.1 Å². The van der Waals surface area contributed by atoms with Crippen LogP contribution in [0.5, 0.6) is 5.75 Å². The number of urea groups is 1. The highest BCUT2D eigenvalue weighted by atomic mass is 32.1. The molecule has 1 aliphatic carbocycles. The maximum Gasteiger partial charge on any atom is 0.319 e. The number of carbonyl (C=O) groups is 2. The van der Waals surface area contributed by atoms with E-state index in [-0.39, 0.29) is 29.4 Å². The van der Waals surface area contributed by atoms with Crippen molar-refractivity contribution in [3.8, 4) is 5.75 Å². The quantitative estimate of drug-likeness (QED) is 0.329. The summed E-state index contributed by atoms with van der Waals surface area (Å²) in [6.07, 6.45) is 9.44. The molecular weight excluding hydrogens is 540 g/mol. The Hall–Kier alpha value is -3.90. The van der Waals surface area contributed by atoms with Gasteiger partial charge in [-0.3, -0.25) is 4.79 Å². The van der Waals surface area contributed by atoms with Crippen LogP contribution in [0.1, 0.15) is 35.6 Å². The molecule has 0 saturated heterocycles. The lowest BCUT2D eigenvalue weighted by atomic mass is 10.1. The number of carbonyl (C=O) groups excluding carboxylic acids is 2. The minimum absolute atomic E-state index is 0.0221. The third-order valence-corrected chi connectivity index (χ3v) is 7.86. The number of ether oxygens (including phenoxy) is 2. The van der Waals surface area contributed by atoms with Crippen LogP contribution in [0.3, 0.4) is 0 Å². The number of hydrogen-bond donors (Lipinski definition) is 4. The molecule has 2 aliphatic heterocycles. The van der Waals surface area contributed by atoms with Crippen molar-refractivity contribution >= 4 is 40.4 Å². The first kappa shape index (κ1) is 27.7. The first-order chi connectivity index (χ1) is 19.3. The molecule has 0 bridgehead atoms. The molecule has 2 aromatic rings. The summed E-state index contributed by atoms with van der Waals surface area (Å²) < 4.78 is 40.5. The fraction of sp³-hybridized carbons (Fsp3) is 0.357. The summed E-state index contributed by atoms with van der Waals surface area (Å²) in [5.74, 6) is -2.24. The summed E-state index contributed by atoms with van der Waals surface area (Å²) in [6.45, 7) is 3.45. The van der Waals surface area contributed by atoms with Gasteiger partial charge in [0.05, 0.1) is 28.9 Å². The Labute approximate surface area is 234 Å². The SMILES string of the molecule is COCCN(CC1=CNC(c2cc3c(s2)C(Oc2ccc(NC(=O)NC4CC4)c(F)c2F)=CCN3)C=C1)C(C)=O. The van der Waals surface area contributed by atoms with Gasteiger partial charge in [0.15, 0.2) is 11.6 Å². The molecule has 1 saturated carbocycles. The van der Waals surface area contributed by atoms with Crippen molar-refractivity contribution < 1.29 is 27.8 Å². The maximum atomic E-state index is 14.9. The lowest BCUT2D eigenvalue weighted by Crippen LogP contribution is -2.34. The molecule has 1 unspecified atom stereocenters. The lowest BCUT2D eigenvalue weighted by molar-refractivity contribution is -0.129. The minimum atomic E-state index is -1.19. The number of amides is 3. The highest BCUT2D eigenvalue weighted by Crippen LogP contribution is 2.41. The van der Waals surface area contributed by atoms with Crippen molar-refractivity contribution in [2.24, 2.45) is 0 Å². The number of rotatable bonds is 10. The molecule has 212 valence electrons.